The minimum Gasteiger partial charge on any atom is -0.481 e. The van der Waals surface area contributed by atoms with Crippen LogP contribution in [0, 0.1) is 5.92 Å². The molecule has 1 saturated carbocycles. The van der Waals surface area contributed by atoms with Gasteiger partial charge in [-0.1, -0.05) is 51.3 Å². The van der Waals surface area contributed by atoms with Gasteiger partial charge in [0.2, 0.25) is 0 Å². The molecule has 0 spiro atoms. The molecular formula is C15H25N3O2S. The zero-order valence-corrected chi connectivity index (χ0v) is 13.7. The molecule has 1 heterocycles. The number of nitrogens with zero attached hydrogens (tertiary/aromatic N) is 3. The average molecular weight is 311 g/mol. The first-order valence-electron chi connectivity index (χ1n) is 7.85. The molecule has 0 aliphatic heterocycles. The lowest BCUT2D eigenvalue weighted by molar-refractivity contribution is -0.133. The van der Waals surface area contributed by atoms with E-state index < -0.39 is 5.97 Å². The zero-order valence-electron chi connectivity index (χ0n) is 12.9. The molecule has 5 nitrogen and oxygen atoms in total. The predicted molar refractivity (Wildman–Crippen MR) is 83.7 cm³/mol. The summed E-state index contributed by atoms with van der Waals surface area (Å²) in [5, 5.41) is 18.0. The van der Waals surface area contributed by atoms with Gasteiger partial charge in [-0.3, -0.25) is 4.79 Å². The van der Waals surface area contributed by atoms with E-state index in [0.717, 1.165) is 29.9 Å². The van der Waals surface area contributed by atoms with Crippen LogP contribution in [0.15, 0.2) is 5.16 Å². The van der Waals surface area contributed by atoms with Crippen molar-refractivity contribution in [1.82, 2.24) is 14.8 Å². The van der Waals surface area contributed by atoms with Crippen LogP contribution in [0.3, 0.4) is 0 Å². The smallest absolute Gasteiger partial charge is 0.313 e. The molecule has 1 aliphatic carbocycles. The van der Waals surface area contributed by atoms with Gasteiger partial charge >= 0.3 is 5.97 Å². The van der Waals surface area contributed by atoms with E-state index in [-0.39, 0.29) is 5.75 Å². The third-order valence-electron chi connectivity index (χ3n) is 4.06. The quantitative estimate of drug-likeness (QED) is 0.744. The largest absolute Gasteiger partial charge is 0.481 e. The lowest BCUT2D eigenvalue weighted by Gasteiger charge is -2.13. The molecule has 21 heavy (non-hydrogen) atoms. The molecule has 0 atom stereocenters. The molecule has 1 aliphatic rings. The number of carbonyl (C=O) groups is 1. The van der Waals surface area contributed by atoms with Gasteiger partial charge in [0.05, 0.1) is 5.75 Å². The Hall–Kier alpha value is -1.04. The highest BCUT2D eigenvalue weighted by Crippen LogP contribution is 2.29. The molecule has 0 radical (unpaired) electrons. The van der Waals surface area contributed by atoms with Gasteiger partial charge in [-0.05, 0) is 18.8 Å². The van der Waals surface area contributed by atoms with E-state index in [9.17, 15) is 4.79 Å². The molecule has 0 unspecified atom stereocenters. The second-order valence-corrected chi connectivity index (χ2v) is 7.06. The maximum Gasteiger partial charge on any atom is 0.313 e. The van der Waals surface area contributed by atoms with Gasteiger partial charge < -0.3 is 9.67 Å². The van der Waals surface area contributed by atoms with Crippen molar-refractivity contribution in [2.45, 2.75) is 70.0 Å². The summed E-state index contributed by atoms with van der Waals surface area (Å²) >= 11 is 1.27. The number of carboxylic acids is 1. The van der Waals surface area contributed by atoms with Crippen molar-refractivity contribution in [3.8, 4) is 0 Å². The second-order valence-electron chi connectivity index (χ2n) is 6.12. The maximum atomic E-state index is 10.7. The van der Waals surface area contributed by atoms with Crippen molar-refractivity contribution < 1.29 is 9.90 Å². The molecular weight excluding hydrogens is 286 g/mol. The van der Waals surface area contributed by atoms with E-state index in [1.165, 1.54) is 43.9 Å². The normalized spacial score (nSPS) is 16.0. The van der Waals surface area contributed by atoms with Crippen molar-refractivity contribution in [2.24, 2.45) is 5.92 Å². The molecule has 1 aromatic rings. The molecule has 1 fully saturated rings. The fraction of sp³-hybridized carbons (Fsp3) is 0.800. The summed E-state index contributed by atoms with van der Waals surface area (Å²) in [6.07, 6.45) is 7.91. The van der Waals surface area contributed by atoms with Crippen LogP contribution in [0.1, 0.15) is 64.1 Å². The van der Waals surface area contributed by atoms with Crippen molar-refractivity contribution in [3.05, 3.63) is 5.82 Å². The fourth-order valence-corrected chi connectivity index (χ4v) is 3.70. The summed E-state index contributed by atoms with van der Waals surface area (Å²) in [4.78, 5) is 10.7. The molecule has 6 heteroatoms. The third-order valence-corrected chi connectivity index (χ3v) is 5.01. The van der Waals surface area contributed by atoms with Crippen LogP contribution in [0.4, 0.5) is 0 Å². The number of aliphatic carboxylic acids is 1. The van der Waals surface area contributed by atoms with Crippen molar-refractivity contribution in [3.63, 3.8) is 0 Å². The van der Waals surface area contributed by atoms with Crippen LogP contribution in [-0.4, -0.2) is 31.6 Å². The van der Waals surface area contributed by atoms with Crippen LogP contribution >= 0.6 is 11.8 Å². The molecule has 0 bridgehead atoms. The van der Waals surface area contributed by atoms with Crippen LogP contribution in [0.25, 0.3) is 0 Å². The molecule has 1 N–H and O–H groups in total. The van der Waals surface area contributed by atoms with Gasteiger partial charge in [0.15, 0.2) is 5.16 Å². The number of aromatic nitrogens is 3. The van der Waals surface area contributed by atoms with E-state index >= 15 is 0 Å². The van der Waals surface area contributed by atoms with Gasteiger partial charge in [-0.2, -0.15) is 0 Å². The highest BCUT2D eigenvalue weighted by molar-refractivity contribution is 7.99. The van der Waals surface area contributed by atoms with E-state index in [1.54, 1.807) is 0 Å². The van der Waals surface area contributed by atoms with Crippen LogP contribution in [0.2, 0.25) is 0 Å². The number of rotatable bonds is 8. The van der Waals surface area contributed by atoms with E-state index in [0.29, 0.717) is 5.92 Å². The van der Waals surface area contributed by atoms with E-state index in [4.69, 9.17) is 5.11 Å². The van der Waals surface area contributed by atoms with Crippen LogP contribution in [0.5, 0.6) is 0 Å². The van der Waals surface area contributed by atoms with Gasteiger partial charge in [0.25, 0.3) is 0 Å². The third kappa shape index (κ3) is 4.73. The topological polar surface area (TPSA) is 68.0 Å². The summed E-state index contributed by atoms with van der Waals surface area (Å²) < 4.78 is 2.12. The van der Waals surface area contributed by atoms with Gasteiger partial charge in [0.1, 0.15) is 5.82 Å². The summed E-state index contributed by atoms with van der Waals surface area (Å²) in [5.74, 6) is 1.39. The van der Waals surface area contributed by atoms with E-state index in [2.05, 4.69) is 28.6 Å². The summed E-state index contributed by atoms with van der Waals surface area (Å²) in [6, 6.07) is 0. The second kappa shape index (κ2) is 7.82. The standard InChI is InChI=1S/C15H25N3O2S/c1-11(2)14-16-17-15(21-10-13(19)20)18(14)9-5-8-12-6-3-4-7-12/h11-12H,3-10H2,1-2H3,(H,19,20). The first-order valence-corrected chi connectivity index (χ1v) is 8.84. The minimum absolute atomic E-state index is 0.0405. The number of carboxylic acid groups (broad SMARTS) is 1. The van der Waals surface area contributed by atoms with Gasteiger partial charge in [0, 0.05) is 12.5 Å². The molecule has 1 aromatic heterocycles. The Kier molecular flexibility index (Phi) is 6.08. The summed E-state index contributed by atoms with van der Waals surface area (Å²) in [7, 11) is 0. The van der Waals surface area contributed by atoms with Crippen LogP contribution in [-0.2, 0) is 11.3 Å². The monoisotopic (exact) mass is 311 g/mol. The first kappa shape index (κ1) is 16.3. The van der Waals surface area contributed by atoms with Gasteiger partial charge in [-0.25, -0.2) is 0 Å². The lowest BCUT2D eigenvalue weighted by atomic mass is 10.0. The fourth-order valence-electron chi connectivity index (χ4n) is 3.01. The lowest BCUT2D eigenvalue weighted by Crippen LogP contribution is -2.09. The van der Waals surface area contributed by atoms with Crippen molar-refractivity contribution >= 4 is 17.7 Å². The highest BCUT2D eigenvalue weighted by Gasteiger charge is 2.18. The molecule has 2 rings (SSSR count). The number of hydrogen-bond donors (Lipinski definition) is 1. The Labute approximate surface area is 130 Å². The Morgan fingerprint density at radius 1 is 1.38 bits per heavy atom. The highest BCUT2D eigenvalue weighted by atomic mass is 32.2. The summed E-state index contributed by atoms with van der Waals surface area (Å²) in [6.45, 7) is 5.10. The maximum absolute atomic E-state index is 10.7. The Bertz CT molecular complexity index is 467. The zero-order chi connectivity index (χ0) is 15.2. The van der Waals surface area contributed by atoms with Gasteiger partial charge in [-0.15, -0.1) is 10.2 Å². The Balaban J connectivity index is 1.96. The molecule has 118 valence electrons. The average Bonchev–Trinajstić information content (AvgIpc) is 3.05. The Morgan fingerprint density at radius 3 is 2.71 bits per heavy atom. The predicted octanol–water partition coefficient (Wildman–Crippen LogP) is 3.55. The molecule has 0 amide bonds. The summed E-state index contributed by atoms with van der Waals surface area (Å²) in [5.41, 5.74) is 0. The Morgan fingerprint density at radius 2 is 2.10 bits per heavy atom. The molecule has 0 aromatic carbocycles. The SMILES string of the molecule is CC(C)c1nnc(SCC(=O)O)n1CCCC1CCCC1. The number of thioether (sulfide) groups is 1. The van der Waals surface area contributed by atoms with Crippen molar-refractivity contribution in [2.75, 3.05) is 5.75 Å². The van der Waals surface area contributed by atoms with E-state index in [1.807, 2.05) is 0 Å². The minimum atomic E-state index is -0.813. The van der Waals surface area contributed by atoms with Crippen LogP contribution < -0.4 is 0 Å². The first-order chi connectivity index (χ1) is 10.1. The molecule has 0 saturated heterocycles. The number of hydrogen-bond acceptors (Lipinski definition) is 4. The van der Waals surface area contributed by atoms with Crippen molar-refractivity contribution in [1.29, 1.82) is 0 Å².